The van der Waals surface area contributed by atoms with Crippen molar-refractivity contribution in [2.75, 3.05) is 26.2 Å². The Hall–Kier alpha value is -0.940. The highest BCUT2D eigenvalue weighted by Crippen LogP contribution is 2.18. The molecule has 0 saturated carbocycles. The van der Waals surface area contributed by atoms with E-state index in [1.165, 1.54) is 25.8 Å². The third-order valence-corrected chi connectivity index (χ3v) is 3.69. The SMILES string of the molecule is CCCNCC1CCN(Cc2nonc2C)CC1. The molecule has 0 atom stereocenters. The van der Waals surface area contributed by atoms with E-state index in [0.29, 0.717) is 0 Å². The zero-order valence-corrected chi connectivity index (χ0v) is 11.5. The van der Waals surface area contributed by atoms with Crippen molar-refractivity contribution in [1.29, 1.82) is 0 Å². The van der Waals surface area contributed by atoms with Crippen LogP contribution >= 0.6 is 0 Å². The molecule has 0 unspecified atom stereocenters. The van der Waals surface area contributed by atoms with E-state index in [0.717, 1.165) is 43.5 Å². The van der Waals surface area contributed by atoms with Crippen molar-refractivity contribution in [3.63, 3.8) is 0 Å². The van der Waals surface area contributed by atoms with Gasteiger partial charge in [0.25, 0.3) is 0 Å². The fourth-order valence-electron chi connectivity index (χ4n) is 2.44. The number of piperidine rings is 1. The molecule has 0 aliphatic carbocycles. The highest BCUT2D eigenvalue weighted by molar-refractivity contribution is 5.04. The Morgan fingerprint density at radius 2 is 2.11 bits per heavy atom. The van der Waals surface area contributed by atoms with Gasteiger partial charge in [-0.15, -0.1) is 0 Å². The number of likely N-dealkylation sites (tertiary alicyclic amines) is 1. The number of aromatic nitrogens is 2. The Kier molecular flexibility index (Phi) is 5.13. The van der Waals surface area contributed by atoms with Gasteiger partial charge in [-0.25, -0.2) is 4.63 Å². The molecule has 0 amide bonds. The topological polar surface area (TPSA) is 54.2 Å². The molecule has 102 valence electrons. The van der Waals surface area contributed by atoms with Crippen LogP contribution in [0.25, 0.3) is 0 Å². The second-order valence-electron chi connectivity index (χ2n) is 5.22. The number of nitrogens with one attached hydrogen (secondary N) is 1. The maximum absolute atomic E-state index is 4.74. The van der Waals surface area contributed by atoms with E-state index in [1.807, 2.05) is 6.92 Å². The second-order valence-corrected chi connectivity index (χ2v) is 5.22. The second kappa shape index (κ2) is 6.85. The van der Waals surface area contributed by atoms with Crippen molar-refractivity contribution in [3.8, 4) is 0 Å². The van der Waals surface area contributed by atoms with Crippen LogP contribution < -0.4 is 5.32 Å². The third-order valence-electron chi connectivity index (χ3n) is 3.69. The van der Waals surface area contributed by atoms with Crippen LogP contribution in [0.5, 0.6) is 0 Å². The summed E-state index contributed by atoms with van der Waals surface area (Å²) < 4.78 is 4.74. The quantitative estimate of drug-likeness (QED) is 0.779. The molecule has 2 rings (SSSR count). The van der Waals surface area contributed by atoms with Gasteiger partial charge >= 0.3 is 0 Å². The van der Waals surface area contributed by atoms with Crippen LogP contribution in [0.15, 0.2) is 4.63 Å². The van der Waals surface area contributed by atoms with Gasteiger partial charge in [0.15, 0.2) is 0 Å². The van der Waals surface area contributed by atoms with Crippen LogP contribution in [-0.4, -0.2) is 41.4 Å². The Labute approximate surface area is 109 Å². The molecular formula is C13H24N4O. The lowest BCUT2D eigenvalue weighted by molar-refractivity contribution is 0.171. The molecule has 1 aromatic heterocycles. The standard InChI is InChI=1S/C13H24N4O/c1-3-6-14-9-12-4-7-17(8-5-12)10-13-11(2)15-18-16-13/h12,14H,3-10H2,1-2H3. The lowest BCUT2D eigenvalue weighted by atomic mass is 9.96. The van der Waals surface area contributed by atoms with Crippen molar-refractivity contribution in [2.24, 2.45) is 5.92 Å². The normalized spacial score (nSPS) is 18.3. The minimum atomic E-state index is 0.837. The van der Waals surface area contributed by atoms with Gasteiger partial charge in [0, 0.05) is 6.54 Å². The highest BCUT2D eigenvalue weighted by Gasteiger charge is 2.20. The summed E-state index contributed by atoms with van der Waals surface area (Å²) in [5, 5.41) is 11.3. The van der Waals surface area contributed by atoms with E-state index >= 15 is 0 Å². The molecule has 2 heterocycles. The molecule has 0 radical (unpaired) electrons. The van der Waals surface area contributed by atoms with Gasteiger partial charge in [0.1, 0.15) is 11.4 Å². The molecule has 0 aromatic carbocycles. The van der Waals surface area contributed by atoms with Gasteiger partial charge in [-0.1, -0.05) is 17.2 Å². The van der Waals surface area contributed by atoms with E-state index in [2.05, 4.69) is 27.5 Å². The van der Waals surface area contributed by atoms with E-state index in [-0.39, 0.29) is 0 Å². The molecule has 1 fully saturated rings. The molecule has 1 aromatic rings. The minimum absolute atomic E-state index is 0.837. The fraction of sp³-hybridized carbons (Fsp3) is 0.846. The average molecular weight is 252 g/mol. The summed E-state index contributed by atoms with van der Waals surface area (Å²) in [5.74, 6) is 0.837. The smallest absolute Gasteiger partial charge is 0.122 e. The van der Waals surface area contributed by atoms with Crippen LogP contribution in [0.1, 0.15) is 37.6 Å². The minimum Gasteiger partial charge on any atom is -0.316 e. The number of hydrogen-bond acceptors (Lipinski definition) is 5. The number of rotatable bonds is 6. The van der Waals surface area contributed by atoms with Crippen molar-refractivity contribution in [3.05, 3.63) is 11.4 Å². The predicted octanol–water partition coefficient (Wildman–Crippen LogP) is 1.59. The van der Waals surface area contributed by atoms with E-state index in [1.54, 1.807) is 0 Å². The fourth-order valence-corrected chi connectivity index (χ4v) is 2.44. The van der Waals surface area contributed by atoms with Crippen molar-refractivity contribution >= 4 is 0 Å². The summed E-state index contributed by atoms with van der Waals surface area (Å²) >= 11 is 0. The zero-order valence-electron chi connectivity index (χ0n) is 11.5. The van der Waals surface area contributed by atoms with Crippen molar-refractivity contribution in [1.82, 2.24) is 20.5 Å². The van der Waals surface area contributed by atoms with Crippen molar-refractivity contribution in [2.45, 2.75) is 39.7 Å². The molecule has 0 bridgehead atoms. The lowest BCUT2D eigenvalue weighted by Gasteiger charge is -2.31. The Bertz CT molecular complexity index is 345. The van der Waals surface area contributed by atoms with E-state index in [9.17, 15) is 0 Å². The van der Waals surface area contributed by atoms with Gasteiger partial charge in [0.05, 0.1) is 0 Å². The van der Waals surface area contributed by atoms with E-state index < -0.39 is 0 Å². The Morgan fingerprint density at radius 3 is 2.72 bits per heavy atom. The molecule has 18 heavy (non-hydrogen) atoms. The largest absolute Gasteiger partial charge is 0.316 e. The summed E-state index contributed by atoms with van der Waals surface area (Å²) in [6, 6.07) is 0. The summed E-state index contributed by atoms with van der Waals surface area (Å²) in [6.45, 7) is 9.67. The first-order valence-electron chi connectivity index (χ1n) is 7.00. The summed E-state index contributed by atoms with van der Waals surface area (Å²) in [7, 11) is 0. The molecule has 5 nitrogen and oxygen atoms in total. The van der Waals surface area contributed by atoms with Gasteiger partial charge in [-0.05, 0) is 58.3 Å². The summed E-state index contributed by atoms with van der Waals surface area (Å²) in [5.41, 5.74) is 1.90. The van der Waals surface area contributed by atoms with Gasteiger partial charge < -0.3 is 5.32 Å². The Balaban J connectivity index is 1.69. The monoisotopic (exact) mass is 252 g/mol. The van der Waals surface area contributed by atoms with Crippen LogP contribution in [-0.2, 0) is 6.54 Å². The summed E-state index contributed by atoms with van der Waals surface area (Å²) in [4.78, 5) is 2.45. The molecule has 1 saturated heterocycles. The maximum Gasteiger partial charge on any atom is 0.122 e. The number of aryl methyl sites for hydroxylation is 1. The van der Waals surface area contributed by atoms with Crippen LogP contribution in [0.3, 0.4) is 0 Å². The number of hydrogen-bond donors (Lipinski definition) is 1. The van der Waals surface area contributed by atoms with Gasteiger partial charge in [-0.3, -0.25) is 4.90 Å². The third kappa shape index (κ3) is 3.78. The van der Waals surface area contributed by atoms with Crippen LogP contribution in [0.2, 0.25) is 0 Å². The Morgan fingerprint density at radius 1 is 1.33 bits per heavy atom. The summed E-state index contributed by atoms with van der Waals surface area (Å²) in [6.07, 6.45) is 3.78. The zero-order chi connectivity index (χ0) is 12.8. The van der Waals surface area contributed by atoms with Crippen LogP contribution in [0.4, 0.5) is 0 Å². The first-order chi connectivity index (χ1) is 8.79. The predicted molar refractivity (Wildman–Crippen MR) is 70.2 cm³/mol. The van der Waals surface area contributed by atoms with Crippen molar-refractivity contribution < 1.29 is 4.63 Å². The lowest BCUT2D eigenvalue weighted by Crippen LogP contribution is -2.37. The van der Waals surface area contributed by atoms with Gasteiger partial charge in [-0.2, -0.15) is 0 Å². The maximum atomic E-state index is 4.74. The molecule has 1 N–H and O–H groups in total. The van der Waals surface area contributed by atoms with Gasteiger partial charge in [0.2, 0.25) is 0 Å². The van der Waals surface area contributed by atoms with Crippen LogP contribution in [0, 0.1) is 12.8 Å². The molecule has 0 spiro atoms. The molecule has 1 aliphatic rings. The highest BCUT2D eigenvalue weighted by atomic mass is 16.6. The molecule has 1 aliphatic heterocycles. The number of nitrogens with zero attached hydrogens (tertiary/aromatic N) is 3. The first-order valence-corrected chi connectivity index (χ1v) is 7.00. The average Bonchev–Trinajstić information content (AvgIpc) is 2.78. The molecular weight excluding hydrogens is 228 g/mol. The first kappa shape index (κ1) is 13.5. The van der Waals surface area contributed by atoms with E-state index in [4.69, 9.17) is 4.63 Å². The molecule has 5 heteroatoms.